The smallest absolute Gasteiger partial charge is 0.240 e. The first-order valence-electron chi connectivity index (χ1n) is 9.16. The normalized spacial score (nSPS) is 21.7. The third kappa shape index (κ3) is 3.90. The highest BCUT2D eigenvalue weighted by molar-refractivity contribution is 5.03. The lowest BCUT2D eigenvalue weighted by atomic mass is 10.2. The molecule has 1 unspecified atom stereocenters. The fourth-order valence-electron chi connectivity index (χ4n) is 3.26. The minimum atomic E-state index is 0.267. The van der Waals surface area contributed by atoms with Gasteiger partial charge in [-0.2, -0.15) is 9.97 Å². The average molecular weight is 346 g/mol. The zero-order valence-corrected chi connectivity index (χ0v) is 15.2. The summed E-state index contributed by atoms with van der Waals surface area (Å²) in [5.74, 6) is 3.91. The number of likely N-dealkylation sites (N-methyl/N-ethyl adjacent to an activating group) is 1. The molecule has 2 aliphatic rings. The van der Waals surface area contributed by atoms with Crippen LogP contribution in [0.25, 0.3) is 0 Å². The Morgan fingerprint density at radius 1 is 1.16 bits per heavy atom. The summed E-state index contributed by atoms with van der Waals surface area (Å²) in [4.78, 5) is 13.7. The Balaban J connectivity index is 1.28. The van der Waals surface area contributed by atoms with Crippen molar-refractivity contribution in [2.24, 2.45) is 0 Å². The molecule has 2 aromatic heterocycles. The van der Waals surface area contributed by atoms with Crippen molar-refractivity contribution in [2.45, 2.75) is 64.1 Å². The minimum absolute atomic E-state index is 0.267. The quantitative estimate of drug-likeness (QED) is 0.754. The Morgan fingerprint density at radius 2 is 2.00 bits per heavy atom. The monoisotopic (exact) mass is 346 g/mol. The third-order valence-electron chi connectivity index (χ3n) is 5.02. The molecule has 1 atom stereocenters. The number of hydrogen-bond donors (Lipinski definition) is 0. The molecule has 0 bridgehead atoms. The van der Waals surface area contributed by atoms with Gasteiger partial charge in [0.05, 0.1) is 13.1 Å². The number of rotatable bonds is 7. The number of hydrogen-bond acceptors (Lipinski definition) is 8. The second kappa shape index (κ2) is 6.84. The topological polar surface area (TPSA) is 84.3 Å². The molecule has 25 heavy (non-hydrogen) atoms. The molecular weight excluding hydrogens is 320 g/mol. The van der Waals surface area contributed by atoms with E-state index in [0.717, 1.165) is 43.6 Å². The van der Waals surface area contributed by atoms with Crippen molar-refractivity contribution in [3.63, 3.8) is 0 Å². The Bertz CT molecular complexity index is 708. The van der Waals surface area contributed by atoms with Gasteiger partial charge >= 0.3 is 0 Å². The molecule has 0 spiro atoms. The van der Waals surface area contributed by atoms with Crippen LogP contribution in [0.4, 0.5) is 0 Å². The summed E-state index contributed by atoms with van der Waals surface area (Å²) in [6.07, 6.45) is 3.52. The summed E-state index contributed by atoms with van der Waals surface area (Å²) in [7, 11) is 2.12. The van der Waals surface area contributed by atoms with Crippen LogP contribution in [0.15, 0.2) is 9.05 Å². The second-order valence-electron chi connectivity index (χ2n) is 7.62. The van der Waals surface area contributed by atoms with E-state index in [-0.39, 0.29) is 5.92 Å². The summed E-state index contributed by atoms with van der Waals surface area (Å²) in [5.41, 5.74) is 0. The van der Waals surface area contributed by atoms with Crippen molar-refractivity contribution < 1.29 is 9.05 Å². The van der Waals surface area contributed by atoms with Crippen LogP contribution in [0.5, 0.6) is 0 Å². The van der Waals surface area contributed by atoms with E-state index in [0.29, 0.717) is 24.4 Å². The van der Waals surface area contributed by atoms with Gasteiger partial charge in [0.2, 0.25) is 11.8 Å². The zero-order chi connectivity index (χ0) is 17.4. The molecular formula is C17H26N6O2. The highest BCUT2D eigenvalue weighted by Crippen LogP contribution is 2.38. The van der Waals surface area contributed by atoms with Crippen LogP contribution < -0.4 is 0 Å². The predicted octanol–water partition coefficient (Wildman–Crippen LogP) is 2.16. The van der Waals surface area contributed by atoms with Crippen molar-refractivity contribution in [2.75, 3.05) is 20.1 Å². The van der Waals surface area contributed by atoms with E-state index in [1.807, 2.05) is 0 Å². The van der Waals surface area contributed by atoms with Crippen molar-refractivity contribution in [1.82, 2.24) is 30.1 Å². The summed E-state index contributed by atoms with van der Waals surface area (Å²) in [6, 6.07) is 0.479. The molecule has 0 amide bonds. The second-order valence-corrected chi connectivity index (χ2v) is 7.62. The van der Waals surface area contributed by atoms with Crippen LogP contribution >= 0.6 is 0 Å². The molecule has 0 N–H and O–H groups in total. The van der Waals surface area contributed by atoms with Gasteiger partial charge in [-0.15, -0.1) is 0 Å². The van der Waals surface area contributed by atoms with Gasteiger partial charge in [0.1, 0.15) is 0 Å². The van der Waals surface area contributed by atoms with Crippen molar-refractivity contribution in [3.05, 3.63) is 23.4 Å². The van der Waals surface area contributed by atoms with E-state index in [4.69, 9.17) is 9.05 Å². The summed E-state index contributed by atoms with van der Waals surface area (Å²) in [5, 5.41) is 8.18. The van der Waals surface area contributed by atoms with Crippen LogP contribution in [-0.2, 0) is 13.1 Å². The van der Waals surface area contributed by atoms with Gasteiger partial charge in [0, 0.05) is 31.0 Å². The first-order valence-corrected chi connectivity index (χ1v) is 9.16. The lowest BCUT2D eigenvalue weighted by Gasteiger charge is -2.22. The minimum Gasteiger partial charge on any atom is -0.339 e. The van der Waals surface area contributed by atoms with Crippen LogP contribution in [0.1, 0.15) is 68.4 Å². The van der Waals surface area contributed by atoms with Crippen LogP contribution in [0, 0.1) is 0 Å². The molecule has 1 aliphatic carbocycles. The Labute approximate surface area is 147 Å². The molecule has 8 heteroatoms. The highest BCUT2D eigenvalue weighted by Gasteiger charge is 2.31. The van der Waals surface area contributed by atoms with Crippen LogP contribution in [-0.4, -0.2) is 56.3 Å². The molecule has 136 valence electrons. The largest absolute Gasteiger partial charge is 0.339 e. The van der Waals surface area contributed by atoms with Crippen LogP contribution in [0.2, 0.25) is 0 Å². The molecule has 2 aromatic rings. The molecule has 1 saturated heterocycles. The molecule has 1 saturated carbocycles. The molecule has 4 rings (SSSR count). The lowest BCUT2D eigenvalue weighted by molar-refractivity contribution is 0.206. The number of likely N-dealkylation sites (tertiary alicyclic amines) is 1. The molecule has 3 heterocycles. The lowest BCUT2D eigenvalue weighted by Crippen LogP contribution is -2.34. The fourth-order valence-corrected chi connectivity index (χ4v) is 3.26. The maximum absolute atomic E-state index is 5.40. The van der Waals surface area contributed by atoms with Crippen molar-refractivity contribution >= 4 is 0 Å². The number of aromatic nitrogens is 4. The average Bonchev–Trinajstić information content (AvgIpc) is 3.01. The molecule has 0 aromatic carbocycles. The third-order valence-corrected chi connectivity index (χ3v) is 5.02. The predicted molar refractivity (Wildman–Crippen MR) is 89.8 cm³/mol. The van der Waals surface area contributed by atoms with Crippen LogP contribution in [0.3, 0.4) is 0 Å². The van der Waals surface area contributed by atoms with Crippen molar-refractivity contribution in [3.8, 4) is 0 Å². The fraction of sp³-hybridized carbons (Fsp3) is 0.765. The molecule has 0 radical (unpaired) electrons. The van der Waals surface area contributed by atoms with Gasteiger partial charge < -0.3 is 9.05 Å². The Morgan fingerprint density at radius 3 is 2.72 bits per heavy atom. The van der Waals surface area contributed by atoms with E-state index < -0.39 is 0 Å². The summed E-state index contributed by atoms with van der Waals surface area (Å²) in [6.45, 7) is 7.60. The van der Waals surface area contributed by atoms with Crippen molar-refractivity contribution in [1.29, 1.82) is 0 Å². The van der Waals surface area contributed by atoms with E-state index in [1.54, 1.807) is 0 Å². The number of nitrogens with zero attached hydrogens (tertiary/aromatic N) is 6. The van der Waals surface area contributed by atoms with E-state index in [2.05, 4.69) is 51.0 Å². The van der Waals surface area contributed by atoms with Gasteiger partial charge in [-0.1, -0.05) is 24.2 Å². The summed E-state index contributed by atoms with van der Waals surface area (Å²) >= 11 is 0. The van der Waals surface area contributed by atoms with E-state index in [1.165, 1.54) is 12.8 Å². The first-order chi connectivity index (χ1) is 12.1. The molecule has 2 fully saturated rings. The highest BCUT2D eigenvalue weighted by atomic mass is 16.5. The maximum atomic E-state index is 5.40. The first kappa shape index (κ1) is 16.7. The summed E-state index contributed by atoms with van der Waals surface area (Å²) < 4.78 is 10.7. The maximum Gasteiger partial charge on any atom is 0.240 e. The van der Waals surface area contributed by atoms with Gasteiger partial charge in [-0.25, -0.2) is 0 Å². The molecule has 8 nitrogen and oxygen atoms in total. The van der Waals surface area contributed by atoms with E-state index in [9.17, 15) is 0 Å². The van der Waals surface area contributed by atoms with Gasteiger partial charge in [-0.05, 0) is 26.3 Å². The van der Waals surface area contributed by atoms with Gasteiger partial charge in [0.25, 0.3) is 0 Å². The van der Waals surface area contributed by atoms with Gasteiger partial charge in [-0.3, -0.25) is 9.80 Å². The zero-order valence-electron chi connectivity index (χ0n) is 15.2. The standard InChI is InChI=1S/C17H26N6O2/c1-11(2)17-18-14(20-25-17)9-22(3)13-6-7-23(8-13)10-15-19-16(21-24-15)12-4-5-12/h11-13H,4-10H2,1-3H3. The SMILES string of the molecule is CC(C)c1nc(CN(C)C2CCN(Cc3nc(C4CC4)no3)C2)no1. The Hall–Kier alpha value is -1.80. The molecule has 1 aliphatic heterocycles. The van der Waals surface area contributed by atoms with E-state index >= 15 is 0 Å². The van der Waals surface area contributed by atoms with Gasteiger partial charge in [0.15, 0.2) is 11.6 Å². The Kier molecular flexibility index (Phi) is 4.56.